The lowest BCUT2D eigenvalue weighted by atomic mass is 9.85. The van der Waals surface area contributed by atoms with Crippen LogP contribution in [0.15, 0.2) is 12.2 Å². The van der Waals surface area contributed by atoms with Crippen molar-refractivity contribution in [3.05, 3.63) is 17.7 Å². The van der Waals surface area contributed by atoms with Crippen molar-refractivity contribution in [1.29, 1.82) is 0 Å². The van der Waals surface area contributed by atoms with Crippen molar-refractivity contribution in [2.45, 2.75) is 20.8 Å². The van der Waals surface area contributed by atoms with Gasteiger partial charge in [0.15, 0.2) is 0 Å². The quantitative estimate of drug-likeness (QED) is 0.280. The topological polar surface area (TPSA) is 62.7 Å². The van der Waals surface area contributed by atoms with Gasteiger partial charge >= 0.3 is 11.7 Å². The van der Waals surface area contributed by atoms with Crippen LogP contribution < -0.4 is 0 Å². The molecule has 0 heterocycles. The number of ether oxygens (including phenoxy) is 1. The molecular weight excluding hydrogens is 168 g/mol. The molecule has 0 fully saturated rings. The van der Waals surface area contributed by atoms with Gasteiger partial charge in [-0.05, 0) is 5.41 Å². The van der Waals surface area contributed by atoms with E-state index in [1.54, 1.807) is 0 Å². The molecule has 0 aliphatic carbocycles. The minimum absolute atomic E-state index is 0.130. The highest BCUT2D eigenvalue weighted by atomic mass is 16.5. The molecule has 0 N–H and O–H groups in total. The molecule has 0 radical (unpaired) electrons. The van der Waals surface area contributed by atoms with Gasteiger partial charge in [-0.25, -0.2) is 4.79 Å². The normalized spacial score (nSPS) is 10.2. The fraction of sp³-hybridized carbons (Fsp3) is 0.556. The molecule has 0 amide bonds. The van der Waals surface area contributed by atoms with Gasteiger partial charge in [0.25, 0.3) is 0 Å². The lowest BCUT2D eigenvalue weighted by molar-refractivity contribution is -0.137. The number of carbonyl (C=O) groups is 1. The van der Waals surface area contributed by atoms with E-state index < -0.39 is 5.97 Å². The van der Waals surface area contributed by atoms with Crippen LogP contribution in [0.1, 0.15) is 20.8 Å². The maximum absolute atomic E-state index is 11.1. The van der Waals surface area contributed by atoms with Crippen molar-refractivity contribution in [2.75, 3.05) is 7.11 Å². The van der Waals surface area contributed by atoms with Crippen molar-refractivity contribution in [3.8, 4) is 0 Å². The zero-order chi connectivity index (χ0) is 10.6. The van der Waals surface area contributed by atoms with E-state index in [0.717, 1.165) is 0 Å². The van der Waals surface area contributed by atoms with Crippen LogP contribution in [-0.4, -0.2) is 23.6 Å². The van der Waals surface area contributed by atoms with Gasteiger partial charge < -0.3 is 10.3 Å². The highest BCUT2D eigenvalue weighted by Crippen LogP contribution is 2.24. The molecule has 0 aromatic heterocycles. The largest absolute Gasteiger partial charge is 0.460 e. The van der Waals surface area contributed by atoms with Crippen LogP contribution in [0.25, 0.3) is 5.53 Å². The summed E-state index contributed by atoms with van der Waals surface area (Å²) in [6.07, 6.45) is 0. The molecule has 0 aromatic rings. The number of nitrogens with zero attached hydrogens (tertiary/aromatic N) is 2. The molecule has 4 nitrogen and oxygen atoms in total. The molecule has 13 heavy (non-hydrogen) atoms. The maximum atomic E-state index is 11.1. The first kappa shape index (κ1) is 11.6. The Kier molecular flexibility index (Phi) is 3.57. The molecule has 72 valence electrons. The predicted molar refractivity (Wildman–Crippen MR) is 49.2 cm³/mol. The molecule has 0 atom stereocenters. The van der Waals surface area contributed by atoms with E-state index in [1.807, 2.05) is 20.8 Å². The third-order valence-electron chi connectivity index (χ3n) is 1.67. The second-order valence-corrected chi connectivity index (χ2v) is 3.67. The van der Waals surface area contributed by atoms with Gasteiger partial charge in [-0.1, -0.05) is 27.4 Å². The molecule has 4 heteroatoms. The van der Waals surface area contributed by atoms with Crippen LogP contribution in [0.4, 0.5) is 0 Å². The van der Waals surface area contributed by atoms with Gasteiger partial charge in [-0.2, -0.15) is 4.79 Å². The van der Waals surface area contributed by atoms with Gasteiger partial charge in [0.2, 0.25) is 0 Å². The van der Waals surface area contributed by atoms with Crippen molar-refractivity contribution < 1.29 is 14.3 Å². The molecule has 0 spiro atoms. The fourth-order valence-electron chi connectivity index (χ4n) is 0.676. The molecule has 0 unspecified atom stereocenters. The fourth-order valence-corrected chi connectivity index (χ4v) is 0.676. The standard InChI is InChI=1S/C9H14N2O2/c1-6(9(2,3)4)7(11-10)8(12)13-5/h1H2,2-5H3. The Bertz CT molecular complexity index is 280. The summed E-state index contributed by atoms with van der Waals surface area (Å²) in [4.78, 5) is 13.9. The first-order valence-electron chi connectivity index (χ1n) is 3.84. The Balaban J connectivity index is 4.96. The molecule has 0 saturated carbocycles. The maximum Gasteiger partial charge on any atom is 0.421 e. The first-order valence-corrected chi connectivity index (χ1v) is 3.84. The summed E-state index contributed by atoms with van der Waals surface area (Å²) < 4.78 is 4.43. The minimum Gasteiger partial charge on any atom is -0.460 e. The van der Waals surface area contributed by atoms with E-state index in [-0.39, 0.29) is 11.1 Å². The molecule has 0 aliphatic rings. The smallest absolute Gasteiger partial charge is 0.421 e. The third kappa shape index (κ3) is 2.84. The van der Waals surface area contributed by atoms with Crippen LogP contribution in [0, 0.1) is 5.41 Å². The summed E-state index contributed by atoms with van der Waals surface area (Å²) in [5, 5.41) is 0. The van der Waals surface area contributed by atoms with Gasteiger partial charge in [-0.3, -0.25) is 0 Å². The second-order valence-electron chi connectivity index (χ2n) is 3.67. The predicted octanol–water partition coefficient (Wildman–Crippen LogP) is 1.43. The average Bonchev–Trinajstić information content (AvgIpc) is 2.03. The van der Waals surface area contributed by atoms with E-state index in [4.69, 9.17) is 5.53 Å². The zero-order valence-corrected chi connectivity index (χ0v) is 8.42. The Hall–Kier alpha value is -1.41. The number of rotatable bonds is 2. The summed E-state index contributed by atoms with van der Waals surface area (Å²) in [7, 11) is 1.23. The number of methoxy groups -OCH3 is 1. The van der Waals surface area contributed by atoms with E-state index in [1.165, 1.54) is 7.11 Å². The Morgan fingerprint density at radius 2 is 1.92 bits per heavy atom. The highest BCUT2D eigenvalue weighted by Gasteiger charge is 2.32. The van der Waals surface area contributed by atoms with Gasteiger partial charge in [0.05, 0.1) is 7.11 Å². The molecule has 0 aromatic carbocycles. The summed E-state index contributed by atoms with van der Waals surface area (Å²) in [5.74, 6) is -0.678. The molecule has 0 aliphatic heterocycles. The number of esters is 1. The Morgan fingerprint density at radius 3 is 2.15 bits per heavy atom. The van der Waals surface area contributed by atoms with Gasteiger partial charge in [0, 0.05) is 5.57 Å². The summed E-state index contributed by atoms with van der Waals surface area (Å²) >= 11 is 0. The lowest BCUT2D eigenvalue weighted by Gasteiger charge is -2.16. The molecular formula is C9H14N2O2. The second kappa shape index (κ2) is 4.01. The average molecular weight is 182 g/mol. The summed E-state index contributed by atoms with van der Waals surface area (Å²) in [6, 6.07) is 0. The molecule has 0 saturated heterocycles. The summed E-state index contributed by atoms with van der Waals surface area (Å²) in [5.41, 5.74) is 8.58. The van der Waals surface area contributed by atoms with Crippen LogP contribution in [-0.2, 0) is 9.53 Å². The first-order chi connectivity index (χ1) is 5.84. The highest BCUT2D eigenvalue weighted by molar-refractivity contribution is 6.40. The SMILES string of the molecule is C=C(C(=[N+]=[N-])C(=O)OC)C(C)(C)C. The van der Waals surface area contributed by atoms with Gasteiger partial charge in [0.1, 0.15) is 0 Å². The monoisotopic (exact) mass is 182 g/mol. The van der Waals surface area contributed by atoms with E-state index in [0.29, 0.717) is 5.57 Å². The van der Waals surface area contributed by atoms with Gasteiger partial charge in [-0.15, -0.1) is 0 Å². The van der Waals surface area contributed by atoms with Crippen LogP contribution >= 0.6 is 0 Å². The zero-order valence-electron chi connectivity index (χ0n) is 8.42. The van der Waals surface area contributed by atoms with Crippen molar-refractivity contribution in [1.82, 2.24) is 0 Å². The van der Waals surface area contributed by atoms with Crippen molar-refractivity contribution in [2.24, 2.45) is 5.41 Å². The lowest BCUT2D eigenvalue weighted by Crippen LogP contribution is -2.26. The third-order valence-corrected chi connectivity index (χ3v) is 1.67. The Morgan fingerprint density at radius 1 is 1.46 bits per heavy atom. The van der Waals surface area contributed by atoms with E-state index in [2.05, 4.69) is 16.1 Å². The minimum atomic E-state index is -0.678. The van der Waals surface area contributed by atoms with E-state index in [9.17, 15) is 4.79 Å². The number of hydrogen-bond acceptors (Lipinski definition) is 2. The number of hydrogen-bond donors (Lipinski definition) is 0. The van der Waals surface area contributed by atoms with Crippen LogP contribution in [0.3, 0.4) is 0 Å². The molecule has 0 rings (SSSR count). The summed E-state index contributed by atoms with van der Waals surface area (Å²) in [6.45, 7) is 9.27. The van der Waals surface area contributed by atoms with Crippen molar-refractivity contribution >= 4 is 11.7 Å². The van der Waals surface area contributed by atoms with E-state index >= 15 is 0 Å². The Labute approximate surface area is 77.8 Å². The van der Waals surface area contributed by atoms with Crippen LogP contribution in [0.5, 0.6) is 0 Å². The van der Waals surface area contributed by atoms with Crippen LogP contribution in [0.2, 0.25) is 0 Å². The number of carbonyl (C=O) groups excluding carboxylic acids is 1. The molecule has 0 bridgehead atoms. The van der Waals surface area contributed by atoms with Crippen molar-refractivity contribution in [3.63, 3.8) is 0 Å².